The first kappa shape index (κ1) is 15.3. The largest absolute Gasteiger partial charge is 0.284 e. The van der Waals surface area contributed by atoms with E-state index in [1.165, 1.54) is 0 Å². The Morgan fingerprint density at radius 1 is 1.10 bits per heavy atom. The highest BCUT2D eigenvalue weighted by Gasteiger charge is 2.11. The molecule has 0 fully saturated rings. The van der Waals surface area contributed by atoms with E-state index in [9.17, 15) is 0 Å². The van der Waals surface area contributed by atoms with Crippen LogP contribution in [0, 0.1) is 11.8 Å². The van der Waals surface area contributed by atoms with Crippen LogP contribution in [0.2, 0.25) is 0 Å². The van der Waals surface area contributed by atoms with Crippen LogP contribution in [0.1, 0.15) is 31.5 Å². The van der Waals surface area contributed by atoms with E-state index < -0.39 is 0 Å². The molecule has 0 bridgehead atoms. The maximum atomic E-state index is 4.41. The Labute approximate surface area is 127 Å². The van der Waals surface area contributed by atoms with Gasteiger partial charge in [-0.2, -0.15) is 0 Å². The molecule has 0 saturated carbocycles. The van der Waals surface area contributed by atoms with E-state index in [1.54, 1.807) is 0 Å². The van der Waals surface area contributed by atoms with Crippen LogP contribution < -0.4 is 0 Å². The molecule has 0 saturated heterocycles. The summed E-state index contributed by atoms with van der Waals surface area (Å²) >= 11 is 0. The monoisotopic (exact) mass is 278 g/mol. The molecule has 108 valence electrons. The Kier molecular flexibility index (Phi) is 5.99. The molecule has 21 heavy (non-hydrogen) atoms. The highest BCUT2D eigenvalue weighted by molar-refractivity contribution is 5.33. The van der Waals surface area contributed by atoms with Crippen LogP contribution >= 0.6 is 0 Å². The van der Waals surface area contributed by atoms with Gasteiger partial charge in [-0.05, 0) is 37.6 Å². The molecular formula is C19H22N2. The molecule has 2 nitrogen and oxygen atoms in total. The second-order valence-corrected chi connectivity index (χ2v) is 5.15. The maximum absolute atomic E-state index is 4.41. The first-order chi connectivity index (χ1) is 10.3. The summed E-state index contributed by atoms with van der Waals surface area (Å²) in [6, 6.07) is 16.7. The van der Waals surface area contributed by atoms with Crippen molar-refractivity contribution in [3.8, 4) is 11.8 Å². The van der Waals surface area contributed by atoms with Gasteiger partial charge in [-0.3, -0.25) is 9.88 Å². The lowest BCUT2D eigenvalue weighted by atomic mass is 10.2. The van der Waals surface area contributed by atoms with E-state index in [2.05, 4.69) is 41.6 Å². The fraction of sp³-hybridized carbons (Fsp3) is 0.316. The molecule has 0 unspecified atom stereocenters. The second-order valence-electron chi connectivity index (χ2n) is 5.15. The Balaban J connectivity index is 2.02. The highest BCUT2D eigenvalue weighted by Crippen LogP contribution is 2.08. The first-order valence-corrected chi connectivity index (χ1v) is 7.47. The number of aromatic nitrogens is 1. The molecule has 0 aliphatic carbocycles. The molecule has 2 rings (SSSR count). The summed E-state index contributed by atoms with van der Waals surface area (Å²) in [5.41, 5.74) is 2.17. The van der Waals surface area contributed by atoms with Gasteiger partial charge in [-0.1, -0.05) is 43.0 Å². The number of benzene rings is 1. The van der Waals surface area contributed by atoms with Gasteiger partial charge in [0.1, 0.15) is 0 Å². The SMILES string of the molecule is CC[C@@H](C)N(CC#Cc1ccccc1)Cc1ccccn1. The van der Waals surface area contributed by atoms with Gasteiger partial charge >= 0.3 is 0 Å². The fourth-order valence-corrected chi connectivity index (χ4v) is 2.09. The summed E-state index contributed by atoms with van der Waals surface area (Å²) in [6.45, 7) is 6.06. The van der Waals surface area contributed by atoms with Gasteiger partial charge < -0.3 is 0 Å². The fourth-order valence-electron chi connectivity index (χ4n) is 2.09. The van der Waals surface area contributed by atoms with Gasteiger partial charge in [-0.15, -0.1) is 0 Å². The zero-order chi connectivity index (χ0) is 14.9. The summed E-state index contributed by atoms with van der Waals surface area (Å²) in [5, 5.41) is 0. The van der Waals surface area contributed by atoms with Crippen LogP contribution in [0.5, 0.6) is 0 Å². The Morgan fingerprint density at radius 3 is 2.52 bits per heavy atom. The van der Waals surface area contributed by atoms with Crippen molar-refractivity contribution >= 4 is 0 Å². The van der Waals surface area contributed by atoms with E-state index in [0.29, 0.717) is 6.04 Å². The Morgan fingerprint density at radius 2 is 1.86 bits per heavy atom. The number of nitrogens with zero attached hydrogens (tertiary/aromatic N) is 2. The number of hydrogen-bond acceptors (Lipinski definition) is 2. The molecule has 0 amide bonds. The lowest BCUT2D eigenvalue weighted by Crippen LogP contribution is -2.32. The zero-order valence-electron chi connectivity index (χ0n) is 12.8. The smallest absolute Gasteiger partial charge is 0.0611 e. The molecule has 0 radical (unpaired) electrons. The van der Waals surface area contributed by atoms with Crippen LogP contribution in [-0.2, 0) is 6.54 Å². The molecule has 1 aromatic carbocycles. The molecule has 2 heteroatoms. The number of hydrogen-bond donors (Lipinski definition) is 0. The minimum absolute atomic E-state index is 0.497. The number of pyridine rings is 1. The van der Waals surface area contributed by atoms with Gasteiger partial charge in [-0.25, -0.2) is 0 Å². The van der Waals surface area contributed by atoms with Gasteiger partial charge in [0.25, 0.3) is 0 Å². The van der Waals surface area contributed by atoms with Crippen molar-refractivity contribution in [1.29, 1.82) is 0 Å². The van der Waals surface area contributed by atoms with E-state index in [0.717, 1.165) is 30.8 Å². The highest BCUT2D eigenvalue weighted by atomic mass is 15.1. The molecule has 1 heterocycles. The average molecular weight is 278 g/mol. The third kappa shape index (κ3) is 5.06. The van der Waals surface area contributed by atoms with Crippen molar-refractivity contribution < 1.29 is 0 Å². The van der Waals surface area contributed by atoms with E-state index in [1.807, 2.05) is 48.7 Å². The topological polar surface area (TPSA) is 16.1 Å². The summed E-state index contributed by atoms with van der Waals surface area (Å²) in [4.78, 5) is 6.78. The minimum Gasteiger partial charge on any atom is -0.284 e. The summed E-state index contributed by atoms with van der Waals surface area (Å²) in [7, 11) is 0. The molecular weight excluding hydrogens is 256 g/mol. The van der Waals surface area contributed by atoms with Crippen molar-refractivity contribution in [3.63, 3.8) is 0 Å². The van der Waals surface area contributed by atoms with Gasteiger partial charge in [0.05, 0.1) is 12.2 Å². The van der Waals surface area contributed by atoms with Crippen LogP contribution in [-0.4, -0.2) is 22.5 Å². The van der Waals surface area contributed by atoms with Crippen LogP contribution in [0.4, 0.5) is 0 Å². The summed E-state index contributed by atoms with van der Waals surface area (Å²) < 4.78 is 0. The second kappa shape index (κ2) is 8.24. The molecule has 0 aliphatic rings. The Hall–Kier alpha value is -2.11. The zero-order valence-corrected chi connectivity index (χ0v) is 12.8. The predicted octanol–water partition coefficient (Wildman–Crippen LogP) is 3.73. The van der Waals surface area contributed by atoms with Crippen molar-refractivity contribution in [2.24, 2.45) is 0 Å². The molecule has 0 aliphatic heterocycles. The van der Waals surface area contributed by atoms with Gasteiger partial charge in [0.15, 0.2) is 0 Å². The van der Waals surface area contributed by atoms with Crippen molar-refractivity contribution in [1.82, 2.24) is 9.88 Å². The van der Waals surface area contributed by atoms with Crippen molar-refractivity contribution in [2.45, 2.75) is 32.9 Å². The number of rotatable bonds is 5. The van der Waals surface area contributed by atoms with E-state index in [-0.39, 0.29) is 0 Å². The van der Waals surface area contributed by atoms with Crippen LogP contribution in [0.25, 0.3) is 0 Å². The minimum atomic E-state index is 0.497. The average Bonchev–Trinajstić information content (AvgIpc) is 2.55. The Bertz CT molecular complexity index is 581. The molecule has 1 atom stereocenters. The van der Waals surface area contributed by atoms with E-state index >= 15 is 0 Å². The summed E-state index contributed by atoms with van der Waals surface area (Å²) in [5.74, 6) is 6.51. The van der Waals surface area contributed by atoms with Crippen LogP contribution in [0.15, 0.2) is 54.7 Å². The molecule has 1 aromatic heterocycles. The normalized spacial score (nSPS) is 11.8. The molecule has 0 N–H and O–H groups in total. The van der Waals surface area contributed by atoms with E-state index in [4.69, 9.17) is 0 Å². The predicted molar refractivity (Wildman–Crippen MR) is 87.7 cm³/mol. The van der Waals surface area contributed by atoms with Gasteiger partial charge in [0.2, 0.25) is 0 Å². The standard InChI is InChI=1S/C19H22N2/c1-3-17(2)21(16-19-13-7-8-14-20-19)15-9-12-18-10-5-4-6-11-18/h4-8,10-11,13-14,17H,3,15-16H2,1-2H3/t17-/m1/s1. The molecule has 2 aromatic rings. The quantitative estimate of drug-likeness (QED) is 0.775. The summed E-state index contributed by atoms with van der Waals surface area (Å²) in [6.07, 6.45) is 2.96. The van der Waals surface area contributed by atoms with Crippen molar-refractivity contribution in [3.05, 3.63) is 66.0 Å². The lowest BCUT2D eigenvalue weighted by Gasteiger charge is -2.25. The third-order valence-corrected chi connectivity index (χ3v) is 3.59. The third-order valence-electron chi connectivity index (χ3n) is 3.59. The van der Waals surface area contributed by atoms with Crippen molar-refractivity contribution in [2.75, 3.05) is 6.54 Å². The molecule has 0 spiro atoms. The first-order valence-electron chi connectivity index (χ1n) is 7.47. The lowest BCUT2D eigenvalue weighted by molar-refractivity contribution is 0.218. The van der Waals surface area contributed by atoms with Gasteiger partial charge in [0, 0.05) is 24.3 Å². The maximum Gasteiger partial charge on any atom is 0.0611 e. The van der Waals surface area contributed by atoms with Crippen LogP contribution in [0.3, 0.4) is 0 Å².